The van der Waals surface area contributed by atoms with Crippen LogP contribution in [0.1, 0.15) is 30.1 Å². The summed E-state index contributed by atoms with van der Waals surface area (Å²) in [6.45, 7) is 1.08. The van der Waals surface area contributed by atoms with Crippen molar-refractivity contribution in [3.05, 3.63) is 70.3 Å². The molecule has 0 spiro atoms. The molecule has 2 aromatic rings. The van der Waals surface area contributed by atoms with E-state index >= 15 is 0 Å². The number of carboxylic acids is 1. The Bertz CT molecular complexity index is 1220. The van der Waals surface area contributed by atoms with Gasteiger partial charge in [0.25, 0.3) is 11.6 Å². The number of nitrogens with zero attached hydrogens (tertiary/aromatic N) is 2. The van der Waals surface area contributed by atoms with E-state index in [-0.39, 0.29) is 29.1 Å². The van der Waals surface area contributed by atoms with Crippen LogP contribution in [0.2, 0.25) is 0 Å². The maximum Gasteiger partial charge on any atom is 0.350 e. The van der Waals surface area contributed by atoms with E-state index < -0.39 is 44.4 Å². The topological polar surface area (TPSA) is 176 Å². The number of nitrogens with one attached hydrogen (secondary N) is 2. The first-order valence-electron chi connectivity index (χ1n) is 10.1. The lowest BCUT2D eigenvalue weighted by Crippen LogP contribution is -2.65. The molecule has 180 valence electrons. The van der Waals surface area contributed by atoms with Crippen LogP contribution in [0, 0.1) is 10.1 Å². The number of carbonyl (C=O) groups excluding carboxylic acids is 2. The number of amides is 2. The Morgan fingerprint density at radius 3 is 2.26 bits per heavy atom. The summed E-state index contributed by atoms with van der Waals surface area (Å²) in [6, 6.07) is 10.8. The molecule has 2 atom stereocenters. The van der Waals surface area contributed by atoms with Gasteiger partial charge in [-0.1, -0.05) is 18.2 Å². The van der Waals surface area contributed by atoms with Gasteiger partial charge in [-0.2, -0.15) is 4.31 Å². The first kappa shape index (κ1) is 24.8. The summed E-state index contributed by atoms with van der Waals surface area (Å²) >= 11 is 0. The van der Waals surface area contributed by atoms with E-state index in [1.165, 1.54) is 12.1 Å². The molecule has 0 bridgehead atoms. The van der Waals surface area contributed by atoms with Crippen LogP contribution < -0.4 is 10.6 Å². The van der Waals surface area contributed by atoms with E-state index in [4.69, 9.17) is 0 Å². The van der Waals surface area contributed by atoms with Crippen molar-refractivity contribution in [1.29, 1.82) is 0 Å². The number of hydrogen-bond acceptors (Lipinski definition) is 7. The highest BCUT2D eigenvalue weighted by Crippen LogP contribution is 2.27. The van der Waals surface area contributed by atoms with Gasteiger partial charge in [-0.3, -0.25) is 19.7 Å². The lowest BCUT2D eigenvalue weighted by Gasteiger charge is -2.31. The van der Waals surface area contributed by atoms with Crippen molar-refractivity contribution in [2.45, 2.75) is 36.4 Å². The molecule has 3 N–H and O–H groups in total. The Morgan fingerprint density at radius 1 is 1.09 bits per heavy atom. The number of sulfonamides is 1. The zero-order valence-corrected chi connectivity index (χ0v) is 18.8. The number of nitro groups is 1. The molecule has 0 aliphatic carbocycles. The van der Waals surface area contributed by atoms with Crippen molar-refractivity contribution < 1.29 is 32.8 Å². The van der Waals surface area contributed by atoms with Gasteiger partial charge in [-0.15, -0.1) is 0 Å². The Kier molecular flexibility index (Phi) is 6.98. The lowest BCUT2D eigenvalue weighted by atomic mass is 10.1. The second-order valence-electron chi connectivity index (χ2n) is 7.76. The third-order valence-corrected chi connectivity index (χ3v) is 7.28. The minimum atomic E-state index is -4.20. The summed E-state index contributed by atoms with van der Waals surface area (Å²) < 4.78 is 27.1. The summed E-state index contributed by atoms with van der Waals surface area (Å²) in [5.41, 5.74) is -2.33. The molecular formula is C21H22N4O8S. The van der Waals surface area contributed by atoms with Gasteiger partial charge >= 0.3 is 5.97 Å². The van der Waals surface area contributed by atoms with Crippen LogP contribution in [-0.4, -0.2) is 58.8 Å². The van der Waals surface area contributed by atoms with Crippen molar-refractivity contribution in [1.82, 2.24) is 14.9 Å². The van der Waals surface area contributed by atoms with Crippen molar-refractivity contribution in [2.24, 2.45) is 0 Å². The van der Waals surface area contributed by atoms with Gasteiger partial charge in [0, 0.05) is 24.2 Å². The Balaban J connectivity index is 1.80. The molecule has 2 aromatic carbocycles. The van der Waals surface area contributed by atoms with E-state index in [0.717, 1.165) is 35.5 Å². The molecule has 0 saturated carbocycles. The number of benzene rings is 2. The molecule has 2 amide bonds. The summed E-state index contributed by atoms with van der Waals surface area (Å²) in [5, 5.41) is 25.0. The van der Waals surface area contributed by atoms with E-state index in [0.29, 0.717) is 6.42 Å². The fourth-order valence-corrected chi connectivity index (χ4v) is 5.18. The molecule has 1 heterocycles. The van der Waals surface area contributed by atoms with Gasteiger partial charge in [0.2, 0.25) is 21.6 Å². The summed E-state index contributed by atoms with van der Waals surface area (Å²) in [5.74, 6) is -3.19. The number of nitro benzene ring substituents is 1. The third kappa shape index (κ3) is 5.05. The first-order valence-corrected chi connectivity index (χ1v) is 11.6. The predicted molar refractivity (Wildman–Crippen MR) is 118 cm³/mol. The minimum absolute atomic E-state index is 0.00241. The van der Waals surface area contributed by atoms with Crippen LogP contribution in [0.5, 0.6) is 0 Å². The molecule has 1 fully saturated rings. The zero-order chi connectivity index (χ0) is 25.1. The van der Waals surface area contributed by atoms with E-state index in [1.807, 2.05) is 0 Å². The van der Waals surface area contributed by atoms with Gasteiger partial charge in [0.15, 0.2) is 0 Å². The average molecular weight is 490 g/mol. The highest BCUT2D eigenvalue weighted by atomic mass is 32.2. The maximum absolute atomic E-state index is 13.1. The van der Waals surface area contributed by atoms with Crippen molar-refractivity contribution in [3.8, 4) is 0 Å². The first-order chi connectivity index (χ1) is 16.0. The Labute approximate surface area is 194 Å². The highest BCUT2D eigenvalue weighted by Gasteiger charge is 2.44. The molecule has 12 nitrogen and oxygen atoms in total. The van der Waals surface area contributed by atoms with Crippen LogP contribution in [0.4, 0.5) is 5.69 Å². The van der Waals surface area contributed by atoms with E-state index in [2.05, 4.69) is 10.6 Å². The molecule has 1 aliphatic rings. The standard InChI is InChI=1S/C21H22N4O8S/c1-21(20(28)29,22-18(26)14-6-3-2-4-7-14)23-19(27)17-8-5-13-24(17)34(32,33)16-11-9-15(10-12-16)25(30)31/h2-4,6-7,9-12,17H,5,8,13H2,1H3,(H,22,26)(H,23,27)(H,28,29). The normalized spacial score (nSPS) is 18.0. The van der Waals surface area contributed by atoms with Crippen LogP contribution >= 0.6 is 0 Å². The average Bonchev–Trinajstić information content (AvgIpc) is 3.31. The Hall–Kier alpha value is -3.84. The van der Waals surface area contributed by atoms with Gasteiger partial charge in [-0.05, 0) is 44.0 Å². The fraction of sp³-hybridized carbons (Fsp3) is 0.286. The van der Waals surface area contributed by atoms with Crippen LogP contribution in [-0.2, 0) is 19.6 Å². The minimum Gasteiger partial charge on any atom is -0.478 e. The second kappa shape index (κ2) is 9.57. The van der Waals surface area contributed by atoms with Crippen LogP contribution in [0.25, 0.3) is 0 Å². The molecule has 1 saturated heterocycles. The van der Waals surface area contributed by atoms with Gasteiger partial charge in [0.05, 0.1) is 9.82 Å². The highest BCUT2D eigenvalue weighted by molar-refractivity contribution is 7.89. The largest absolute Gasteiger partial charge is 0.478 e. The smallest absolute Gasteiger partial charge is 0.350 e. The summed E-state index contributed by atoms with van der Waals surface area (Å²) in [4.78, 5) is 47.3. The quantitative estimate of drug-likeness (QED) is 0.280. The lowest BCUT2D eigenvalue weighted by molar-refractivity contribution is -0.384. The molecular weight excluding hydrogens is 468 g/mol. The number of non-ortho nitro benzene ring substituents is 1. The second-order valence-corrected chi connectivity index (χ2v) is 9.65. The number of hydrogen-bond donors (Lipinski definition) is 3. The summed E-state index contributed by atoms with van der Waals surface area (Å²) in [7, 11) is -4.20. The molecule has 13 heteroatoms. The zero-order valence-electron chi connectivity index (χ0n) is 18.0. The van der Waals surface area contributed by atoms with Crippen LogP contribution in [0.15, 0.2) is 59.5 Å². The third-order valence-electron chi connectivity index (χ3n) is 5.36. The molecule has 2 unspecified atom stereocenters. The van der Waals surface area contributed by atoms with E-state index in [9.17, 15) is 38.0 Å². The molecule has 1 aliphatic heterocycles. The fourth-order valence-electron chi connectivity index (χ4n) is 3.52. The summed E-state index contributed by atoms with van der Waals surface area (Å²) in [6.07, 6.45) is 0.463. The van der Waals surface area contributed by atoms with Crippen molar-refractivity contribution in [3.63, 3.8) is 0 Å². The SMILES string of the molecule is CC(NC(=O)c1ccccc1)(NC(=O)C1CCCN1S(=O)(=O)c1ccc([N+](=O)[O-])cc1)C(=O)O. The molecule has 3 rings (SSSR count). The maximum atomic E-state index is 13.1. The van der Waals surface area contributed by atoms with E-state index in [1.54, 1.807) is 18.2 Å². The van der Waals surface area contributed by atoms with Gasteiger partial charge in [-0.25, -0.2) is 13.2 Å². The number of aliphatic carboxylic acids is 1. The molecule has 34 heavy (non-hydrogen) atoms. The van der Waals surface area contributed by atoms with Crippen molar-refractivity contribution in [2.75, 3.05) is 6.54 Å². The van der Waals surface area contributed by atoms with Gasteiger partial charge in [0.1, 0.15) is 6.04 Å². The molecule has 0 aromatic heterocycles. The molecule has 0 radical (unpaired) electrons. The van der Waals surface area contributed by atoms with Crippen molar-refractivity contribution >= 4 is 33.5 Å². The predicted octanol–water partition coefficient (Wildman–Crippen LogP) is 1.09. The number of carboxylic acid groups (broad SMARTS) is 1. The van der Waals surface area contributed by atoms with Gasteiger partial charge < -0.3 is 15.7 Å². The number of carbonyl (C=O) groups is 3. The number of rotatable bonds is 8. The monoisotopic (exact) mass is 490 g/mol. The van der Waals surface area contributed by atoms with Crippen LogP contribution in [0.3, 0.4) is 0 Å². The Morgan fingerprint density at radius 2 is 1.71 bits per heavy atom.